The zero-order valence-electron chi connectivity index (χ0n) is 16.3. The third-order valence-corrected chi connectivity index (χ3v) is 4.81. The van der Waals surface area contributed by atoms with Crippen molar-refractivity contribution in [3.63, 3.8) is 0 Å². The minimum atomic E-state index is -0.910. The number of amides is 1. The number of rotatable bonds is 7. The third kappa shape index (κ3) is 5.77. The molecule has 2 N–H and O–H groups in total. The molecule has 1 fully saturated rings. The van der Waals surface area contributed by atoms with E-state index in [-0.39, 0.29) is 17.9 Å². The van der Waals surface area contributed by atoms with E-state index < -0.39 is 12.0 Å². The van der Waals surface area contributed by atoms with E-state index >= 15 is 0 Å². The highest BCUT2D eigenvalue weighted by atomic mass is 16.6. The Hall–Kier alpha value is -1.47. The van der Waals surface area contributed by atoms with E-state index in [1.54, 1.807) is 0 Å². The van der Waals surface area contributed by atoms with Crippen LogP contribution in [0.15, 0.2) is 30.3 Å². The fourth-order valence-electron chi connectivity index (χ4n) is 3.37. The monoisotopic (exact) mass is 364 g/mol. The molecule has 0 aromatic heterocycles. The van der Waals surface area contributed by atoms with Gasteiger partial charge in [0.25, 0.3) is 0 Å². The first-order chi connectivity index (χ1) is 12.3. The number of aliphatic hydroxyl groups is 1. The van der Waals surface area contributed by atoms with E-state index in [0.717, 1.165) is 12.8 Å². The Bertz CT molecular complexity index is 563. The van der Waals surface area contributed by atoms with Crippen LogP contribution in [0.25, 0.3) is 0 Å². The van der Waals surface area contributed by atoms with Gasteiger partial charge in [0.1, 0.15) is 6.61 Å². The molecule has 26 heavy (non-hydrogen) atoms. The van der Waals surface area contributed by atoms with Crippen molar-refractivity contribution in [1.29, 1.82) is 0 Å². The van der Waals surface area contributed by atoms with Crippen LogP contribution >= 0.6 is 0 Å². The molecule has 0 spiro atoms. The van der Waals surface area contributed by atoms with Gasteiger partial charge in [0.05, 0.1) is 5.60 Å². The van der Waals surface area contributed by atoms with Gasteiger partial charge in [-0.15, -0.1) is 0 Å². The van der Waals surface area contributed by atoms with E-state index in [1.165, 1.54) is 12.7 Å². The Labute approximate surface area is 156 Å². The normalized spacial score (nSPS) is 19.1. The van der Waals surface area contributed by atoms with E-state index in [2.05, 4.69) is 17.4 Å². The maximum Gasteiger partial charge on any atom is 0.246 e. The molecule has 0 radical (unpaired) electrons. The maximum atomic E-state index is 11.9. The van der Waals surface area contributed by atoms with E-state index in [1.807, 2.05) is 43.9 Å². The van der Waals surface area contributed by atoms with Crippen LogP contribution in [-0.2, 0) is 19.7 Å². The summed E-state index contributed by atoms with van der Waals surface area (Å²) in [6.07, 6.45) is 0.746. The number of carbonyl (C=O) groups is 1. The van der Waals surface area contributed by atoms with Gasteiger partial charge in [-0.25, -0.2) is 0 Å². The average molecular weight is 364 g/mol. The first-order valence-electron chi connectivity index (χ1n) is 9.17. The quantitative estimate of drug-likeness (QED) is 0.723. The Morgan fingerprint density at radius 3 is 2.42 bits per heavy atom. The number of methoxy groups -OCH3 is 1. The molecule has 0 saturated carbocycles. The van der Waals surface area contributed by atoms with Crippen molar-refractivity contribution in [1.82, 2.24) is 10.2 Å². The first-order valence-corrected chi connectivity index (χ1v) is 9.17. The summed E-state index contributed by atoms with van der Waals surface area (Å²) in [5, 5.41) is 13.4. The lowest BCUT2D eigenvalue weighted by atomic mass is 9.72. The largest absolute Gasteiger partial charge is 0.375 e. The predicted molar refractivity (Wildman–Crippen MR) is 101 cm³/mol. The lowest BCUT2D eigenvalue weighted by Gasteiger charge is -2.44. The van der Waals surface area contributed by atoms with Crippen molar-refractivity contribution in [3.05, 3.63) is 35.9 Å². The number of nitrogens with zero attached hydrogens (tertiary/aromatic N) is 1. The van der Waals surface area contributed by atoms with Gasteiger partial charge in [0, 0.05) is 32.2 Å². The molecule has 1 amide bonds. The third-order valence-electron chi connectivity index (χ3n) is 4.81. The Balaban J connectivity index is 2.07. The molecule has 146 valence electrons. The fraction of sp³-hybridized carbons (Fsp3) is 0.650. The molecular formula is C20H32N2O4. The number of nitrogens with one attached hydrogen (secondary N) is 1. The number of ether oxygens (including phenoxy) is 2. The summed E-state index contributed by atoms with van der Waals surface area (Å²) in [6.45, 7) is 7.82. The molecule has 6 nitrogen and oxygen atoms in total. The van der Waals surface area contributed by atoms with Crippen LogP contribution < -0.4 is 5.32 Å². The molecule has 1 aliphatic rings. The average Bonchev–Trinajstić information content (AvgIpc) is 2.60. The summed E-state index contributed by atoms with van der Waals surface area (Å²) < 4.78 is 10.6. The van der Waals surface area contributed by atoms with Crippen LogP contribution in [0.2, 0.25) is 0 Å². The lowest BCUT2D eigenvalue weighted by molar-refractivity contribution is -0.244. The molecule has 1 aromatic carbocycles. The minimum Gasteiger partial charge on any atom is -0.375 e. The van der Waals surface area contributed by atoms with Crippen LogP contribution in [0.4, 0.5) is 0 Å². The van der Waals surface area contributed by atoms with Gasteiger partial charge in [-0.1, -0.05) is 30.3 Å². The number of aliphatic hydroxyl groups excluding tert-OH is 1. The van der Waals surface area contributed by atoms with Crippen LogP contribution in [0.1, 0.15) is 39.2 Å². The van der Waals surface area contributed by atoms with Crippen molar-refractivity contribution in [2.24, 2.45) is 0 Å². The smallest absolute Gasteiger partial charge is 0.246 e. The number of carbonyl (C=O) groups excluding carboxylic acids is 1. The molecule has 1 aliphatic heterocycles. The van der Waals surface area contributed by atoms with Gasteiger partial charge in [-0.3, -0.25) is 9.69 Å². The SMILES string of the molecule is COCC(=O)NCC1(c2ccccc2)CCN(C(O)OC(C)(C)C)CC1. The molecule has 1 unspecified atom stereocenters. The van der Waals surface area contributed by atoms with Gasteiger partial charge >= 0.3 is 0 Å². The summed E-state index contributed by atoms with van der Waals surface area (Å²) in [7, 11) is 1.52. The van der Waals surface area contributed by atoms with E-state index in [4.69, 9.17) is 9.47 Å². The number of hydrogen-bond donors (Lipinski definition) is 2. The highest BCUT2D eigenvalue weighted by Crippen LogP contribution is 2.35. The highest BCUT2D eigenvalue weighted by Gasteiger charge is 2.38. The van der Waals surface area contributed by atoms with Gasteiger partial charge in [0.2, 0.25) is 12.3 Å². The zero-order chi connectivity index (χ0) is 19.2. The second-order valence-corrected chi connectivity index (χ2v) is 7.95. The molecule has 1 saturated heterocycles. The molecule has 1 aromatic rings. The second kappa shape index (κ2) is 8.95. The van der Waals surface area contributed by atoms with Gasteiger partial charge in [-0.2, -0.15) is 0 Å². The highest BCUT2D eigenvalue weighted by molar-refractivity contribution is 5.77. The van der Waals surface area contributed by atoms with Crippen molar-refractivity contribution in [2.45, 2.75) is 51.0 Å². The summed E-state index contributed by atoms with van der Waals surface area (Å²) in [6, 6.07) is 10.3. The predicted octanol–water partition coefficient (Wildman–Crippen LogP) is 1.87. The van der Waals surface area contributed by atoms with Crippen molar-refractivity contribution in [2.75, 3.05) is 33.4 Å². The number of likely N-dealkylation sites (tertiary alicyclic amines) is 1. The van der Waals surface area contributed by atoms with Crippen LogP contribution in [0, 0.1) is 0 Å². The van der Waals surface area contributed by atoms with Crippen LogP contribution in [0.5, 0.6) is 0 Å². The maximum absolute atomic E-state index is 11.9. The van der Waals surface area contributed by atoms with Gasteiger partial charge in [0.15, 0.2) is 0 Å². The molecule has 1 atom stereocenters. The molecule has 1 heterocycles. The summed E-state index contributed by atoms with van der Waals surface area (Å²) in [5.41, 5.74) is 0.660. The number of piperidine rings is 1. The Morgan fingerprint density at radius 2 is 1.88 bits per heavy atom. The lowest BCUT2D eigenvalue weighted by Crippen LogP contribution is -2.53. The number of hydrogen-bond acceptors (Lipinski definition) is 5. The fourth-order valence-corrected chi connectivity index (χ4v) is 3.37. The first kappa shape index (κ1) is 20.8. The van der Waals surface area contributed by atoms with Crippen LogP contribution in [-0.4, -0.2) is 61.3 Å². The standard InChI is InChI=1S/C20H32N2O4/c1-19(2,3)26-18(24)22-12-10-20(11-13-22,15-21-17(23)14-25-4)16-8-6-5-7-9-16/h5-9,18,24H,10-15H2,1-4H3,(H,21,23). The van der Waals surface area contributed by atoms with Gasteiger partial charge in [-0.05, 0) is 39.2 Å². The second-order valence-electron chi connectivity index (χ2n) is 7.95. The molecule has 0 bridgehead atoms. The van der Waals surface area contributed by atoms with Crippen LogP contribution in [0.3, 0.4) is 0 Å². The topological polar surface area (TPSA) is 71.0 Å². The Kier molecular flexibility index (Phi) is 7.17. The molecule has 0 aliphatic carbocycles. The van der Waals surface area contributed by atoms with Crippen molar-refractivity contribution < 1.29 is 19.4 Å². The summed E-state index contributed by atoms with van der Waals surface area (Å²) >= 11 is 0. The summed E-state index contributed by atoms with van der Waals surface area (Å²) in [4.78, 5) is 13.8. The van der Waals surface area contributed by atoms with E-state index in [0.29, 0.717) is 19.6 Å². The minimum absolute atomic E-state index is 0.0646. The van der Waals surface area contributed by atoms with Crippen molar-refractivity contribution >= 4 is 5.91 Å². The molecule has 6 heteroatoms. The molecule has 2 rings (SSSR count). The summed E-state index contributed by atoms with van der Waals surface area (Å²) in [5.74, 6) is -0.110. The Morgan fingerprint density at radius 1 is 1.27 bits per heavy atom. The number of benzene rings is 1. The van der Waals surface area contributed by atoms with Gasteiger partial charge < -0.3 is 19.9 Å². The zero-order valence-corrected chi connectivity index (χ0v) is 16.3. The molecular weight excluding hydrogens is 332 g/mol. The van der Waals surface area contributed by atoms with Crippen molar-refractivity contribution in [3.8, 4) is 0 Å². The van der Waals surface area contributed by atoms with E-state index in [9.17, 15) is 9.90 Å².